The Balaban J connectivity index is 1.60. The quantitative estimate of drug-likeness (QED) is 0.924. The van der Waals surface area contributed by atoms with Gasteiger partial charge in [-0.2, -0.15) is 0 Å². The topological polar surface area (TPSA) is 48.3 Å². The van der Waals surface area contributed by atoms with Gasteiger partial charge in [0.25, 0.3) is 0 Å². The van der Waals surface area contributed by atoms with Crippen LogP contribution in [0.25, 0.3) is 0 Å². The molecule has 3 rings (SSSR count). The minimum atomic E-state index is 0.721. The summed E-state index contributed by atoms with van der Waals surface area (Å²) in [5.41, 5.74) is 2.36. The molecule has 0 bridgehead atoms. The van der Waals surface area contributed by atoms with E-state index in [2.05, 4.69) is 22.4 Å². The molecule has 0 saturated heterocycles. The minimum Gasteiger partial charge on any atom is -0.490 e. The molecule has 1 aromatic heterocycles. The maximum absolute atomic E-state index is 5.69. The molecule has 20 heavy (non-hydrogen) atoms. The lowest BCUT2D eigenvalue weighted by molar-refractivity contribution is 0.297. The highest BCUT2D eigenvalue weighted by molar-refractivity contribution is 5.43. The van der Waals surface area contributed by atoms with E-state index in [1.165, 1.54) is 11.3 Å². The van der Waals surface area contributed by atoms with Crippen molar-refractivity contribution in [3.05, 3.63) is 42.0 Å². The van der Waals surface area contributed by atoms with E-state index in [-0.39, 0.29) is 0 Å². The van der Waals surface area contributed by atoms with Crippen molar-refractivity contribution in [1.82, 2.24) is 14.9 Å². The van der Waals surface area contributed by atoms with Gasteiger partial charge in [0.15, 0.2) is 11.5 Å². The molecule has 0 radical (unpaired) electrons. The number of fused-ring (bicyclic) bond motifs is 1. The molecule has 0 unspecified atom stereocenters. The molecule has 0 fully saturated rings. The maximum atomic E-state index is 5.69. The second-order valence-electron chi connectivity index (χ2n) is 4.93. The summed E-state index contributed by atoms with van der Waals surface area (Å²) in [7, 11) is 2.00. The fraction of sp³-hybridized carbons (Fsp3) is 0.400. The van der Waals surface area contributed by atoms with Crippen LogP contribution in [0.2, 0.25) is 0 Å². The largest absolute Gasteiger partial charge is 0.490 e. The van der Waals surface area contributed by atoms with Crippen LogP contribution >= 0.6 is 0 Å². The fourth-order valence-electron chi connectivity index (χ4n) is 2.21. The van der Waals surface area contributed by atoms with Crippen LogP contribution in [-0.2, 0) is 20.1 Å². The Bertz CT molecular complexity index is 580. The van der Waals surface area contributed by atoms with Crippen molar-refractivity contribution in [2.75, 3.05) is 13.2 Å². The number of benzene rings is 1. The number of imidazole rings is 1. The van der Waals surface area contributed by atoms with E-state index in [1.807, 2.05) is 30.2 Å². The Kier molecular flexibility index (Phi) is 3.87. The summed E-state index contributed by atoms with van der Waals surface area (Å²) >= 11 is 0. The van der Waals surface area contributed by atoms with Crippen molar-refractivity contribution < 1.29 is 9.47 Å². The predicted octanol–water partition coefficient (Wildman–Crippen LogP) is 1.87. The van der Waals surface area contributed by atoms with Crippen molar-refractivity contribution >= 4 is 0 Å². The lowest BCUT2D eigenvalue weighted by atomic mass is 10.2. The van der Waals surface area contributed by atoms with Gasteiger partial charge in [-0.1, -0.05) is 6.07 Å². The van der Waals surface area contributed by atoms with Crippen molar-refractivity contribution in [3.63, 3.8) is 0 Å². The highest BCUT2D eigenvalue weighted by Gasteiger charge is 2.10. The summed E-state index contributed by atoms with van der Waals surface area (Å²) < 4.78 is 13.3. The monoisotopic (exact) mass is 273 g/mol. The Morgan fingerprint density at radius 2 is 2.05 bits per heavy atom. The number of rotatable bonds is 4. The number of hydrogen-bond acceptors (Lipinski definition) is 4. The van der Waals surface area contributed by atoms with Gasteiger partial charge >= 0.3 is 0 Å². The smallest absolute Gasteiger partial charge is 0.161 e. The number of aryl methyl sites for hydroxylation is 1. The number of nitrogens with one attached hydrogen (secondary N) is 1. The first-order valence-electron chi connectivity index (χ1n) is 6.87. The van der Waals surface area contributed by atoms with E-state index in [0.29, 0.717) is 0 Å². The Labute approximate surface area is 118 Å². The van der Waals surface area contributed by atoms with Crippen LogP contribution in [0, 0.1) is 0 Å². The molecule has 1 aliphatic rings. The first-order chi connectivity index (χ1) is 9.83. The van der Waals surface area contributed by atoms with E-state index in [4.69, 9.17) is 9.47 Å². The second-order valence-corrected chi connectivity index (χ2v) is 4.93. The van der Waals surface area contributed by atoms with Crippen LogP contribution in [0.15, 0.2) is 30.7 Å². The summed E-state index contributed by atoms with van der Waals surface area (Å²) in [5, 5.41) is 3.41. The van der Waals surface area contributed by atoms with Gasteiger partial charge in [0, 0.05) is 32.8 Å². The molecule has 0 spiro atoms. The van der Waals surface area contributed by atoms with Gasteiger partial charge in [-0.3, -0.25) is 0 Å². The molecule has 0 saturated carbocycles. The van der Waals surface area contributed by atoms with Crippen LogP contribution < -0.4 is 14.8 Å². The molecule has 0 amide bonds. The van der Waals surface area contributed by atoms with E-state index in [9.17, 15) is 0 Å². The molecular weight excluding hydrogens is 254 g/mol. The number of ether oxygens (including phenoxy) is 2. The van der Waals surface area contributed by atoms with Crippen LogP contribution in [0.4, 0.5) is 0 Å². The Morgan fingerprint density at radius 1 is 1.20 bits per heavy atom. The Morgan fingerprint density at radius 3 is 2.85 bits per heavy atom. The summed E-state index contributed by atoms with van der Waals surface area (Å²) in [4.78, 5) is 4.10. The lowest BCUT2D eigenvalue weighted by Crippen LogP contribution is -2.14. The van der Waals surface area contributed by atoms with E-state index in [0.717, 1.165) is 44.2 Å². The summed E-state index contributed by atoms with van der Waals surface area (Å²) in [6, 6.07) is 6.11. The van der Waals surface area contributed by atoms with Crippen molar-refractivity contribution in [2.24, 2.45) is 7.05 Å². The molecule has 1 aliphatic heterocycles. The van der Waals surface area contributed by atoms with Crippen LogP contribution in [0.3, 0.4) is 0 Å². The molecule has 5 nitrogen and oxygen atoms in total. The molecule has 0 aliphatic carbocycles. The summed E-state index contributed by atoms with van der Waals surface area (Å²) in [5.74, 6) is 1.69. The summed E-state index contributed by atoms with van der Waals surface area (Å²) in [6.45, 7) is 3.04. The number of hydrogen-bond donors (Lipinski definition) is 1. The fourth-order valence-corrected chi connectivity index (χ4v) is 2.21. The minimum absolute atomic E-state index is 0.721. The predicted molar refractivity (Wildman–Crippen MR) is 75.8 cm³/mol. The van der Waals surface area contributed by atoms with Crippen LogP contribution in [-0.4, -0.2) is 22.8 Å². The molecule has 2 aromatic rings. The van der Waals surface area contributed by atoms with Crippen molar-refractivity contribution in [2.45, 2.75) is 19.5 Å². The van der Waals surface area contributed by atoms with E-state index >= 15 is 0 Å². The van der Waals surface area contributed by atoms with Crippen LogP contribution in [0.5, 0.6) is 11.5 Å². The zero-order valence-corrected chi connectivity index (χ0v) is 11.6. The standard InChI is InChI=1S/C15H19N3O2/c1-18-11-17-10-13(18)9-16-8-12-3-4-14-15(7-12)20-6-2-5-19-14/h3-4,7,10-11,16H,2,5-6,8-9H2,1H3. The average molecular weight is 273 g/mol. The lowest BCUT2D eigenvalue weighted by Gasteiger charge is -2.10. The highest BCUT2D eigenvalue weighted by atomic mass is 16.5. The van der Waals surface area contributed by atoms with Gasteiger partial charge in [0.2, 0.25) is 0 Å². The van der Waals surface area contributed by atoms with Gasteiger partial charge in [0.05, 0.1) is 25.2 Å². The third kappa shape index (κ3) is 2.93. The van der Waals surface area contributed by atoms with Gasteiger partial charge in [-0.25, -0.2) is 4.98 Å². The van der Waals surface area contributed by atoms with Crippen molar-refractivity contribution in [3.8, 4) is 11.5 Å². The SMILES string of the molecule is Cn1cncc1CNCc1ccc2c(c1)OCCCO2. The first kappa shape index (κ1) is 13.0. The molecule has 5 heteroatoms. The Hall–Kier alpha value is -2.01. The summed E-state index contributed by atoms with van der Waals surface area (Å²) in [6.07, 6.45) is 4.62. The van der Waals surface area contributed by atoms with Crippen LogP contribution in [0.1, 0.15) is 17.7 Å². The molecule has 1 N–H and O–H groups in total. The number of aromatic nitrogens is 2. The van der Waals surface area contributed by atoms with Crippen molar-refractivity contribution in [1.29, 1.82) is 0 Å². The average Bonchev–Trinajstić information content (AvgIpc) is 2.73. The van der Waals surface area contributed by atoms with E-state index in [1.54, 1.807) is 0 Å². The normalized spacial score (nSPS) is 14.1. The molecule has 1 aromatic carbocycles. The third-order valence-electron chi connectivity index (χ3n) is 3.36. The zero-order chi connectivity index (χ0) is 13.8. The van der Waals surface area contributed by atoms with Gasteiger partial charge in [0.1, 0.15) is 0 Å². The van der Waals surface area contributed by atoms with Gasteiger partial charge < -0.3 is 19.4 Å². The second kappa shape index (κ2) is 5.96. The molecule has 2 heterocycles. The van der Waals surface area contributed by atoms with E-state index < -0.39 is 0 Å². The maximum Gasteiger partial charge on any atom is 0.161 e. The highest BCUT2D eigenvalue weighted by Crippen LogP contribution is 2.30. The molecule has 0 atom stereocenters. The third-order valence-corrected chi connectivity index (χ3v) is 3.36. The molecule has 106 valence electrons. The van der Waals surface area contributed by atoms with Gasteiger partial charge in [-0.15, -0.1) is 0 Å². The zero-order valence-electron chi connectivity index (χ0n) is 11.6. The molecular formula is C15H19N3O2. The first-order valence-corrected chi connectivity index (χ1v) is 6.87. The number of nitrogens with zero attached hydrogens (tertiary/aromatic N) is 2. The van der Waals surface area contributed by atoms with Gasteiger partial charge in [-0.05, 0) is 17.7 Å².